The van der Waals surface area contributed by atoms with Gasteiger partial charge in [0.05, 0.1) is 13.7 Å². The van der Waals surface area contributed by atoms with E-state index < -0.39 is 0 Å². The first-order valence-electron chi connectivity index (χ1n) is 10.8. The molecule has 0 amide bonds. The van der Waals surface area contributed by atoms with Gasteiger partial charge in [0.15, 0.2) is 17.5 Å². The monoisotopic (exact) mass is 428 g/mol. The van der Waals surface area contributed by atoms with Gasteiger partial charge in [-0.1, -0.05) is 38.1 Å². The summed E-state index contributed by atoms with van der Waals surface area (Å²) in [5.74, 6) is 3.07. The zero-order valence-electron chi connectivity index (χ0n) is 19.2. The molecular weight excluding hydrogens is 392 g/mol. The van der Waals surface area contributed by atoms with Crippen LogP contribution in [0.2, 0.25) is 0 Å². The van der Waals surface area contributed by atoms with Crippen LogP contribution in [0.25, 0.3) is 0 Å². The van der Waals surface area contributed by atoms with Gasteiger partial charge in [-0.05, 0) is 42.9 Å². The number of para-hydroxylation sites is 1. The Morgan fingerprint density at radius 2 is 1.71 bits per heavy atom. The molecule has 170 valence electrons. The van der Waals surface area contributed by atoms with Crippen LogP contribution in [0, 0.1) is 0 Å². The van der Waals surface area contributed by atoms with Gasteiger partial charge in [0.25, 0.3) is 0 Å². The van der Waals surface area contributed by atoms with Crippen molar-refractivity contribution in [3.63, 3.8) is 0 Å². The second kappa shape index (κ2) is 14.1. The summed E-state index contributed by atoms with van der Waals surface area (Å²) in [5, 5.41) is 6.56. The van der Waals surface area contributed by atoms with Gasteiger partial charge in [0.1, 0.15) is 19.0 Å². The number of likely N-dealkylation sites (N-methyl/N-ethyl adjacent to an activating group) is 1. The Hall–Kier alpha value is -2.93. The van der Waals surface area contributed by atoms with Crippen LogP contribution in [-0.4, -0.2) is 64.4 Å². The smallest absolute Gasteiger partial charge is 0.191 e. The third-order valence-electron chi connectivity index (χ3n) is 4.88. The standard InChI is InChI=1S/C24H36N4O3/c1-5-28(6-2)15-17-31-22-13-12-20(18-23(22)29-4)19-27-24(25-3)26-14-16-30-21-10-8-7-9-11-21/h7-13,18H,5-6,14-17,19H2,1-4H3,(H2,25,26,27). The van der Waals surface area contributed by atoms with Gasteiger partial charge in [-0.25, -0.2) is 0 Å². The molecule has 0 spiro atoms. The summed E-state index contributed by atoms with van der Waals surface area (Å²) in [6, 6.07) is 15.8. The second-order valence-electron chi connectivity index (χ2n) is 6.87. The molecular formula is C24H36N4O3. The van der Waals surface area contributed by atoms with Crippen molar-refractivity contribution in [1.82, 2.24) is 15.5 Å². The van der Waals surface area contributed by atoms with Gasteiger partial charge < -0.3 is 29.7 Å². The lowest BCUT2D eigenvalue weighted by Gasteiger charge is -2.19. The fourth-order valence-electron chi connectivity index (χ4n) is 3.03. The summed E-state index contributed by atoms with van der Waals surface area (Å²) in [5.41, 5.74) is 1.08. The maximum Gasteiger partial charge on any atom is 0.191 e. The van der Waals surface area contributed by atoms with Crippen LogP contribution in [0.3, 0.4) is 0 Å². The molecule has 0 aliphatic heterocycles. The van der Waals surface area contributed by atoms with Crippen LogP contribution in [0.5, 0.6) is 17.2 Å². The van der Waals surface area contributed by atoms with Crippen molar-refractivity contribution in [2.45, 2.75) is 20.4 Å². The van der Waals surface area contributed by atoms with Crippen LogP contribution in [0.15, 0.2) is 53.5 Å². The van der Waals surface area contributed by atoms with Gasteiger partial charge in [-0.2, -0.15) is 0 Å². The molecule has 0 fully saturated rings. The lowest BCUT2D eigenvalue weighted by Crippen LogP contribution is -2.38. The third-order valence-corrected chi connectivity index (χ3v) is 4.88. The highest BCUT2D eigenvalue weighted by Gasteiger charge is 2.08. The molecule has 0 aliphatic rings. The van der Waals surface area contributed by atoms with Gasteiger partial charge >= 0.3 is 0 Å². The molecule has 0 radical (unpaired) electrons. The van der Waals surface area contributed by atoms with Gasteiger partial charge in [-0.3, -0.25) is 4.99 Å². The van der Waals surface area contributed by atoms with Crippen LogP contribution in [0.1, 0.15) is 19.4 Å². The summed E-state index contributed by atoms with van der Waals surface area (Å²) in [6.45, 7) is 9.72. The summed E-state index contributed by atoms with van der Waals surface area (Å²) in [7, 11) is 3.41. The van der Waals surface area contributed by atoms with Gasteiger partial charge in [0.2, 0.25) is 0 Å². The highest BCUT2D eigenvalue weighted by Crippen LogP contribution is 2.28. The maximum atomic E-state index is 5.93. The van der Waals surface area contributed by atoms with E-state index in [1.807, 2.05) is 48.5 Å². The molecule has 31 heavy (non-hydrogen) atoms. The Bertz CT molecular complexity index is 780. The summed E-state index contributed by atoms with van der Waals surface area (Å²) in [4.78, 5) is 6.59. The van der Waals surface area contributed by atoms with E-state index in [1.54, 1.807) is 14.2 Å². The molecule has 0 aliphatic carbocycles. The van der Waals surface area contributed by atoms with Crippen LogP contribution >= 0.6 is 0 Å². The van der Waals surface area contributed by atoms with Gasteiger partial charge in [0, 0.05) is 20.1 Å². The maximum absolute atomic E-state index is 5.93. The SMILES string of the molecule is CCN(CC)CCOc1ccc(CNC(=NC)NCCOc2ccccc2)cc1OC. The minimum Gasteiger partial charge on any atom is -0.493 e. The average Bonchev–Trinajstić information content (AvgIpc) is 2.82. The van der Waals surface area contributed by atoms with E-state index in [0.717, 1.165) is 48.4 Å². The molecule has 2 aromatic carbocycles. The highest BCUT2D eigenvalue weighted by atomic mass is 16.5. The highest BCUT2D eigenvalue weighted by molar-refractivity contribution is 5.79. The molecule has 0 aromatic heterocycles. The Kier molecular flexibility index (Phi) is 11.1. The van der Waals surface area contributed by atoms with Crippen molar-refractivity contribution in [3.05, 3.63) is 54.1 Å². The van der Waals surface area contributed by atoms with Crippen LogP contribution in [-0.2, 0) is 6.54 Å². The topological polar surface area (TPSA) is 67.4 Å². The summed E-state index contributed by atoms with van der Waals surface area (Å²) in [6.07, 6.45) is 0. The first kappa shape index (κ1) is 24.3. The van der Waals surface area contributed by atoms with E-state index in [4.69, 9.17) is 14.2 Å². The normalized spacial score (nSPS) is 11.3. The van der Waals surface area contributed by atoms with E-state index >= 15 is 0 Å². The van der Waals surface area contributed by atoms with Crippen molar-refractivity contribution in [2.75, 3.05) is 53.6 Å². The number of guanidine groups is 1. The van der Waals surface area contributed by atoms with Crippen LogP contribution < -0.4 is 24.8 Å². The first-order chi connectivity index (χ1) is 15.2. The Morgan fingerprint density at radius 3 is 2.39 bits per heavy atom. The second-order valence-corrected chi connectivity index (χ2v) is 6.87. The van der Waals surface area contributed by atoms with E-state index in [2.05, 4.69) is 34.4 Å². The minimum absolute atomic E-state index is 0.554. The third kappa shape index (κ3) is 8.76. The first-order valence-corrected chi connectivity index (χ1v) is 10.8. The predicted molar refractivity (Wildman–Crippen MR) is 126 cm³/mol. The largest absolute Gasteiger partial charge is 0.493 e. The molecule has 0 bridgehead atoms. The van der Waals surface area contributed by atoms with Crippen molar-refractivity contribution in [2.24, 2.45) is 4.99 Å². The lowest BCUT2D eigenvalue weighted by atomic mass is 10.2. The number of ether oxygens (including phenoxy) is 3. The van der Waals surface area contributed by atoms with Crippen LogP contribution in [0.4, 0.5) is 0 Å². The lowest BCUT2D eigenvalue weighted by molar-refractivity contribution is 0.217. The number of benzene rings is 2. The van der Waals surface area contributed by atoms with Crippen molar-refractivity contribution in [1.29, 1.82) is 0 Å². The molecule has 0 unspecified atom stereocenters. The van der Waals surface area contributed by atoms with E-state index in [0.29, 0.717) is 26.3 Å². The number of aliphatic imine (C=N–C) groups is 1. The number of rotatable bonds is 13. The summed E-state index contributed by atoms with van der Waals surface area (Å²) < 4.78 is 17.1. The number of methoxy groups -OCH3 is 1. The van der Waals surface area contributed by atoms with Gasteiger partial charge in [-0.15, -0.1) is 0 Å². The Morgan fingerprint density at radius 1 is 0.935 bits per heavy atom. The summed E-state index contributed by atoms with van der Waals surface area (Å²) >= 11 is 0. The predicted octanol–water partition coefficient (Wildman–Crippen LogP) is 3.16. The van der Waals surface area contributed by atoms with E-state index in [-0.39, 0.29) is 0 Å². The minimum atomic E-state index is 0.554. The number of nitrogens with one attached hydrogen (secondary N) is 2. The molecule has 0 atom stereocenters. The average molecular weight is 429 g/mol. The molecule has 2 aromatic rings. The fraction of sp³-hybridized carbons (Fsp3) is 0.458. The molecule has 2 N–H and O–H groups in total. The van der Waals surface area contributed by atoms with E-state index in [9.17, 15) is 0 Å². The fourth-order valence-corrected chi connectivity index (χ4v) is 3.03. The quantitative estimate of drug-likeness (QED) is 0.290. The van der Waals surface area contributed by atoms with Crippen molar-refractivity contribution < 1.29 is 14.2 Å². The molecule has 7 heteroatoms. The number of nitrogens with zero attached hydrogens (tertiary/aromatic N) is 2. The number of hydrogen-bond acceptors (Lipinski definition) is 5. The molecule has 2 rings (SSSR count). The molecule has 0 saturated carbocycles. The molecule has 0 saturated heterocycles. The Labute approximate surface area is 186 Å². The Balaban J connectivity index is 1.77. The van der Waals surface area contributed by atoms with Crippen molar-refractivity contribution in [3.8, 4) is 17.2 Å². The zero-order valence-corrected chi connectivity index (χ0v) is 19.2. The zero-order chi connectivity index (χ0) is 22.3. The molecule has 0 heterocycles. The van der Waals surface area contributed by atoms with E-state index in [1.165, 1.54) is 0 Å². The van der Waals surface area contributed by atoms with Crippen molar-refractivity contribution >= 4 is 5.96 Å². The molecule has 7 nitrogen and oxygen atoms in total. The number of hydrogen-bond donors (Lipinski definition) is 2.